The highest BCUT2D eigenvalue weighted by Crippen LogP contribution is 2.20. The SMILES string of the molecule is Cc1nc(C(C)C)n2c(CN)cccc12. The van der Waals surface area contributed by atoms with Gasteiger partial charge in [0.15, 0.2) is 0 Å². The minimum absolute atomic E-state index is 0.416. The fourth-order valence-electron chi connectivity index (χ4n) is 1.93. The van der Waals surface area contributed by atoms with E-state index in [1.165, 1.54) is 5.52 Å². The van der Waals surface area contributed by atoms with Crippen LogP contribution in [0.5, 0.6) is 0 Å². The van der Waals surface area contributed by atoms with Crippen molar-refractivity contribution < 1.29 is 0 Å². The lowest BCUT2D eigenvalue weighted by Gasteiger charge is -2.08. The predicted octanol–water partition coefficient (Wildman–Crippen LogP) is 2.22. The Morgan fingerprint density at radius 2 is 2.13 bits per heavy atom. The van der Waals surface area contributed by atoms with E-state index in [0.717, 1.165) is 17.2 Å². The van der Waals surface area contributed by atoms with Crippen molar-refractivity contribution in [1.29, 1.82) is 0 Å². The smallest absolute Gasteiger partial charge is 0.116 e. The highest BCUT2D eigenvalue weighted by Gasteiger charge is 2.12. The van der Waals surface area contributed by atoms with Crippen molar-refractivity contribution in [3.63, 3.8) is 0 Å². The maximum absolute atomic E-state index is 5.75. The van der Waals surface area contributed by atoms with Crippen molar-refractivity contribution in [2.24, 2.45) is 5.73 Å². The molecule has 3 heteroatoms. The van der Waals surface area contributed by atoms with E-state index >= 15 is 0 Å². The molecule has 0 bridgehead atoms. The van der Waals surface area contributed by atoms with Crippen LogP contribution in [0, 0.1) is 6.92 Å². The maximum Gasteiger partial charge on any atom is 0.116 e. The summed E-state index contributed by atoms with van der Waals surface area (Å²) in [5.74, 6) is 1.52. The van der Waals surface area contributed by atoms with Crippen LogP contribution in [0.4, 0.5) is 0 Å². The number of rotatable bonds is 2. The molecule has 3 nitrogen and oxygen atoms in total. The van der Waals surface area contributed by atoms with Gasteiger partial charge in [-0.15, -0.1) is 0 Å². The van der Waals surface area contributed by atoms with Gasteiger partial charge in [-0.05, 0) is 19.1 Å². The monoisotopic (exact) mass is 203 g/mol. The van der Waals surface area contributed by atoms with Gasteiger partial charge in [-0.1, -0.05) is 19.9 Å². The second-order valence-electron chi connectivity index (χ2n) is 4.15. The first-order valence-electron chi connectivity index (χ1n) is 5.32. The number of hydrogen-bond donors (Lipinski definition) is 1. The zero-order chi connectivity index (χ0) is 11.0. The van der Waals surface area contributed by atoms with Crippen LogP contribution in [0.25, 0.3) is 5.52 Å². The Morgan fingerprint density at radius 1 is 1.40 bits per heavy atom. The number of imidazole rings is 1. The van der Waals surface area contributed by atoms with Crippen LogP contribution in [0.15, 0.2) is 18.2 Å². The van der Waals surface area contributed by atoms with Crippen molar-refractivity contribution in [2.45, 2.75) is 33.2 Å². The summed E-state index contributed by atoms with van der Waals surface area (Å²) in [4.78, 5) is 4.61. The lowest BCUT2D eigenvalue weighted by atomic mass is 10.2. The summed E-state index contributed by atoms with van der Waals surface area (Å²) in [5, 5.41) is 0. The van der Waals surface area contributed by atoms with E-state index in [0.29, 0.717) is 12.5 Å². The van der Waals surface area contributed by atoms with Gasteiger partial charge in [0.05, 0.1) is 11.2 Å². The molecule has 0 amide bonds. The largest absolute Gasteiger partial charge is 0.325 e. The second-order valence-corrected chi connectivity index (χ2v) is 4.15. The molecule has 0 aliphatic rings. The van der Waals surface area contributed by atoms with Gasteiger partial charge in [-0.2, -0.15) is 0 Å². The van der Waals surface area contributed by atoms with Gasteiger partial charge in [0.1, 0.15) is 5.82 Å². The Bertz CT molecular complexity index is 483. The molecule has 0 spiro atoms. The van der Waals surface area contributed by atoms with E-state index in [9.17, 15) is 0 Å². The number of nitrogens with zero attached hydrogens (tertiary/aromatic N) is 2. The Labute approximate surface area is 89.9 Å². The number of hydrogen-bond acceptors (Lipinski definition) is 2. The highest BCUT2D eigenvalue weighted by molar-refractivity contribution is 5.54. The standard InChI is InChI=1S/C12H17N3/c1-8(2)12-14-9(3)11-6-4-5-10(7-13)15(11)12/h4-6,8H,7,13H2,1-3H3. The van der Waals surface area contributed by atoms with Crippen LogP contribution < -0.4 is 5.73 Å². The third-order valence-corrected chi connectivity index (χ3v) is 2.68. The van der Waals surface area contributed by atoms with Crippen LogP contribution in [0.2, 0.25) is 0 Å². The zero-order valence-electron chi connectivity index (χ0n) is 9.49. The predicted molar refractivity (Wildman–Crippen MR) is 61.9 cm³/mol. The maximum atomic E-state index is 5.75. The fraction of sp³-hybridized carbons (Fsp3) is 0.417. The summed E-state index contributed by atoms with van der Waals surface area (Å²) >= 11 is 0. The molecule has 0 unspecified atom stereocenters. The van der Waals surface area contributed by atoms with Crippen molar-refractivity contribution in [2.75, 3.05) is 0 Å². The molecule has 2 rings (SSSR count). The van der Waals surface area contributed by atoms with Crippen molar-refractivity contribution in [1.82, 2.24) is 9.38 Å². The van der Waals surface area contributed by atoms with E-state index in [-0.39, 0.29) is 0 Å². The van der Waals surface area contributed by atoms with Crippen molar-refractivity contribution >= 4 is 5.52 Å². The summed E-state index contributed by atoms with van der Waals surface area (Å²) in [5.41, 5.74) is 9.11. The van der Waals surface area contributed by atoms with Gasteiger partial charge in [-0.25, -0.2) is 4.98 Å². The van der Waals surface area contributed by atoms with Crippen LogP contribution in [0.1, 0.15) is 37.0 Å². The first kappa shape index (κ1) is 10.2. The lowest BCUT2D eigenvalue weighted by Crippen LogP contribution is -2.07. The first-order chi connectivity index (χ1) is 7.15. The third-order valence-electron chi connectivity index (χ3n) is 2.68. The first-order valence-corrected chi connectivity index (χ1v) is 5.32. The van der Waals surface area contributed by atoms with Gasteiger partial charge < -0.3 is 5.73 Å². The van der Waals surface area contributed by atoms with Crippen molar-refractivity contribution in [3.8, 4) is 0 Å². The second kappa shape index (κ2) is 3.66. The average Bonchev–Trinajstić information content (AvgIpc) is 2.56. The van der Waals surface area contributed by atoms with E-state index in [1.807, 2.05) is 13.0 Å². The molecule has 2 heterocycles. The molecule has 0 saturated carbocycles. The summed E-state index contributed by atoms with van der Waals surface area (Å²) in [6, 6.07) is 6.18. The molecule has 2 aromatic heterocycles. The van der Waals surface area contributed by atoms with E-state index in [2.05, 4.69) is 35.4 Å². The Kier molecular flexibility index (Phi) is 2.49. The molecule has 0 atom stereocenters. The summed E-state index contributed by atoms with van der Waals surface area (Å²) < 4.78 is 2.18. The van der Waals surface area contributed by atoms with Gasteiger partial charge in [0.2, 0.25) is 0 Å². The Balaban J connectivity index is 2.82. The summed E-state index contributed by atoms with van der Waals surface area (Å²) in [6.45, 7) is 6.90. The summed E-state index contributed by atoms with van der Waals surface area (Å²) in [6.07, 6.45) is 0. The number of aryl methyl sites for hydroxylation is 1. The molecule has 15 heavy (non-hydrogen) atoms. The molecule has 2 N–H and O–H groups in total. The van der Waals surface area contributed by atoms with Gasteiger partial charge >= 0.3 is 0 Å². The molecular weight excluding hydrogens is 186 g/mol. The molecule has 2 aromatic rings. The molecule has 0 aromatic carbocycles. The van der Waals surface area contributed by atoms with Crippen LogP contribution in [0.3, 0.4) is 0 Å². The Hall–Kier alpha value is -1.35. The van der Waals surface area contributed by atoms with Crippen molar-refractivity contribution in [3.05, 3.63) is 35.4 Å². The lowest BCUT2D eigenvalue weighted by molar-refractivity contribution is 0.749. The molecule has 0 aliphatic heterocycles. The number of pyridine rings is 1. The molecule has 0 fully saturated rings. The van der Waals surface area contributed by atoms with E-state index in [1.54, 1.807) is 0 Å². The molecule has 80 valence electrons. The van der Waals surface area contributed by atoms with Gasteiger partial charge in [0, 0.05) is 18.2 Å². The minimum Gasteiger partial charge on any atom is -0.325 e. The average molecular weight is 203 g/mol. The van der Waals surface area contributed by atoms with Crippen LogP contribution in [-0.2, 0) is 6.54 Å². The normalized spacial score (nSPS) is 11.5. The fourth-order valence-corrected chi connectivity index (χ4v) is 1.93. The Morgan fingerprint density at radius 3 is 2.73 bits per heavy atom. The third kappa shape index (κ3) is 1.53. The number of nitrogens with two attached hydrogens (primary N) is 1. The summed E-state index contributed by atoms with van der Waals surface area (Å²) in [7, 11) is 0. The highest BCUT2D eigenvalue weighted by atomic mass is 15.0. The van der Waals surface area contributed by atoms with Crippen LogP contribution >= 0.6 is 0 Å². The molecule has 0 aliphatic carbocycles. The molecule has 0 saturated heterocycles. The topological polar surface area (TPSA) is 43.3 Å². The zero-order valence-corrected chi connectivity index (χ0v) is 9.49. The van der Waals surface area contributed by atoms with Gasteiger partial charge in [0.25, 0.3) is 0 Å². The number of fused-ring (bicyclic) bond motifs is 1. The van der Waals surface area contributed by atoms with E-state index < -0.39 is 0 Å². The molecule has 0 radical (unpaired) electrons. The molecular formula is C12H17N3. The van der Waals surface area contributed by atoms with Crippen LogP contribution in [-0.4, -0.2) is 9.38 Å². The number of aromatic nitrogens is 2. The quantitative estimate of drug-likeness (QED) is 0.813. The minimum atomic E-state index is 0.416. The van der Waals surface area contributed by atoms with Gasteiger partial charge in [-0.3, -0.25) is 4.40 Å². The van der Waals surface area contributed by atoms with E-state index in [4.69, 9.17) is 5.73 Å².